The molecule has 19 heavy (non-hydrogen) atoms. The Morgan fingerprint density at radius 2 is 2.16 bits per heavy atom. The summed E-state index contributed by atoms with van der Waals surface area (Å²) in [5.74, 6) is 0.433. The number of rotatable bonds is 4. The van der Waals surface area contributed by atoms with Crippen LogP contribution in [0.1, 0.15) is 41.8 Å². The van der Waals surface area contributed by atoms with Gasteiger partial charge < -0.3 is 11.1 Å². The topological polar surface area (TPSA) is 55.1 Å². The van der Waals surface area contributed by atoms with E-state index in [1.807, 2.05) is 5.38 Å². The van der Waals surface area contributed by atoms with E-state index in [0.29, 0.717) is 22.4 Å². The number of carbonyl (C=O) groups excluding carboxylic acids is 1. The van der Waals surface area contributed by atoms with Gasteiger partial charge in [0.15, 0.2) is 0 Å². The number of halogens is 2. The van der Waals surface area contributed by atoms with Crippen LogP contribution in [0.15, 0.2) is 11.4 Å². The van der Waals surface area contributed by atoms with Crippen molar-refractivity contribution in [2.24, 2.45) is 11.7 Å². The molecule has 1 saturated carbocycles. The highest BCUT2D eigenvalue weighted by Crippen LogP contribution is 2.27. The summed E-state index contributed by atoms with van der Waals surface area (Å²) < 4.78 is 0. The lowest BCUT2D eigenvalue weighted by Gasteiger charge is -2.29. The largest absolute Gasteiger partial charge is 0.347 e. The van der Waals surface area contributed by atoms with E-state index in [2.05, 4.69) is 5.32 Å². The summed E-state index contributed by atoms with van der Waals surface area (Å²) in [4.78, 5) is 12.7. The standard InChI is InChI=1S/C13H19ClN2OS.ClH/c14-10-6-7-18-12(10)13(17)16-11(8-15)9-4-2-1-3-5-9;/h6-7,9,11H,1-5,8,15H2,(H,16,17);1H. The van der Waals surface area contributed by atoms with Crippen molar-refractivity contribution in [3.05, 3.63) is 21.3 Å². The fourth-order valence-corrected chi connectivity index (χ4v) is 3.64. The van der Waals surface area contributed by atoms with Crippen LogP contribution in [0.4, 0.5) is 0 Å². The maximum atomic E-state index is 12.1. The lowest BCUT2D eigenvalue weighted by Crippen LogP contribution is -2.45. The number of thiophene rings is 1. The quantitative estimate of drug-likeness (QED) is 0.891. The molecule has 1 amide bonds. The lowest BCUT2D eigenvalue weighted by atomic mass is 9.84. The Kier molecular flexibility index (Phi) is 7.15. The van der Waals surface area contributed by atoms with Crippen molar-refractivity contribution in [2.75, 3.05) is 6.54 Å². The lowest BCUT2D eigenvalue weighted by molar-refractivity contribution is 0.0920. The predicted molar refractivity (Wildman–Crippen MR) is 83.5 cm³/mol. The number of hydrogen-bond acceptors (Lipinski definition) is 3. The molecule has 2 rings (SSSR count). The first-order chi connectivity index (χ1) is 8.72. The van der Waals surface area contributed by atoms with Gasteiger partial charge in [-0.25, -0.2) is 0 Å². The molecule has 108 valence electrons. The van der Waals surface area contributed by atoms with E-state index in [1.54, 1.807) is 6.07 Å². The Morgan fingerprint density at radius 1 is 1.47 bits per heavy atom. The second kappa shape index (κ2) is 8.10. The highest BCUT2D eigenvalue weighted by atomic mass is 35.5. The number of nitrogens with one attached hydrogen (secondary N) is 1. The summed E-state index contributed by atoms with van der Waals surface area (Å²) in [6.07, 6.45) is 6.13. The molecule has 1 unspecified atom stereocenters. The third kappa shape index (κ3) is 4.35. The van der Waals surface area contributed by atoms with Crippen LogP contribution in [0.25, 0.3) is 0 Å². The summed E-state index contributed by atoms with van der Waals surface area (Å²) in [6, 6.07) is 1.83. The zero-order valence-electron chi connectivity index (χ0n) is 10.7. The molecule has 3 nitrogen and oxygen atoms in total. The van der Waals surface area contributed by atoms with E-state index >= 15 is 0 Å². The van der Waals surface area contributed by atoms with E-state index in [1.165, 1.54) is 43.4 Å². The van der Waals surface area contributed by atoms with Crippen molar-refractivity contribution in [2.45, 2.75) is 38.1 Å². The molecule has 1 aromatic heterocycles. The molecule has 0 spiro atoms. The second-order valence-corrected chi connectivity index (χ2v) is 6.13. The van der Waals surface area contributed by atoms with Crippen molar-refractivity contribution < 1.29 is 4.79 Å². The highest BCUT2D eigenvalue weighted by molar-refractivity contribution is 7.12. The van der Waals surface area contributed by atoms with Crippen LogP contribution < -0.4 is 11.1 Å². The fourth-order valence-electron chi connectivity index (χ4n) is 2.60. The van der Waals surface area contributed by atoms with E-state index in [4.69, 9.17) is 17.3 Å². The first-order valence-electron chi connectivity index (χ1n) is 6.46. The molecular formula is C13H20Cl2N2OS. The van der Waals surface area contributed by atoms with Gasteiger partial charge in [-0.2, -0.15) is 0 Å². The predicted octanol–water partition coefficient (Wildman–Crippen LogP) is 3.46. The minimum atomic E-state index is -0.0870. The molecule has 1 aromatic rings. The Labute approximate surface area is 129 Å². The average molecular weight is 323 g/mol. The van der Waals surface area contributed by atoms with Crippen LogP contribution in [0.3, 0.4) is 0 Å². The van der Waals surface area contributed by atoms with Gasteiger partial charge in [0.25, 0.3) is 5.91 Å². The number of carbonyl (C=O) groups is 1. The Morgan fingerprint density at radius 3 is 2.68 bits per heavy atom. The number of amides is 1. The monoisotopic (exact) mass is 322 g/mol. The summed E-state index contributed by atoms with van der Waals surface area (Å²) >= 11 is 7.34. The molecule has 0 aromatic carbocycles. The third-order valence-corrected chi connectivity index (χ3v) is 4.95. The summed E-state index contributed by atoms with van der Waals surface area (Å²) in [5.41, 5.74) is 5.80. The van der Waals surface area contributed by atoms with Crippen molar-refractivity contribution in [3.8, 4) is 0 Å². The normalized spacial score (nSPS) is 17.6. The zero-order chi connectivity index (χ0) is 13.0. The molecule has 0 saturated heterocycles. The molecule has 0 aliphatic heterocycles. The smallest absolute Gasteiger partial charge is 0.263 e. The molecule has 6 heteroatoms. The van der Waals surface area contributed by atoms with Gasteiger partial charge in [0.1, 0.15) is 4.88 Å². The maximum absolute atomic E-state index is 12.1. The van der Waals surface area contributed by atoms with E-state index in [9.17, 15) is 4.79 Å². The van der Waals surface area contributed by atoms with E-state index in [-0.39, 0.29) is 24.4 Å². The average Bonchev–Trinajstić information content (AvgIpc) is 2.83. The van der Waals surface area contributed by atoms with Crippen molar-refractivity contribution in [1.82, 2.24) is 5.32 Å². The number of hydrogen-bond donors (Lipinski definition) is 2. The van der Waals surface area contributed by atoms with Gasteiger partial charge in [-0.1, -0.05) is 30.9 Å². The molecule has 1 aliphatic carbocycles. The first kappa shape index (κ1) is 16.8. The molecule has 1 fully saturated rings. The Bertz CT molecular complexity index is 405. The zero-order valence-corrected chi connectivity index (χ0v) is 13.1. The Balaban J connectivity index is 0.00000180. The summed E-state index contributed by atoms with van der Waals surface area (Å²) in [7, 11) is 0. The van der Waals surface area contributed by atoms with Gasteiger partial charge in [0.2, 0.25) is 0 Å². The van der Waals surface area contributed by atoms with Gasteiger partial charge >= 0.3 is 0 Å². The highest BCUT2D eigenvalue weighted by Gasteiger charge is 2.25. The van der Waals surface area contributed by atoms with Crippen molar-refractivity contribution in [3.63, 3.8) is 0 Å². The molecule has 1 heterocycles. The molecule has 1 atom stereocenters. The van der Waals surface area contributed by atoms with Gasteiger partial charge in [-0.3, -0.25) is 4.79 Å². The van der Waals surface area contributed by atoms with Crippen LogP contribution in [0.2, 0.25) is 5.02 Å². The van der Waals surface area contributed by atoms with E-state index in [0.717, 1.165) is 0 Å². The van der Waals surface area contributed by atoms with E-state index < -0.39 is 0 Å². The van der Waals surface area contributed by atoms with Crippen LogP contribution in [-0.2, 0) is 0 Å². The summed E-state index contributed by atoms with van der Waals surface area (Å²) in [5, 5.41) is 5.40. The molecule has 0 radical (unpaired) electrons. The third-order valence-electron chi connectivity index (χ3n) is 3.61. The van der Waals surface area contributed by atoms with Crippen LogP contribution in [-0.4, -0.2) is 18.5 Å². The summed E-state index contributed by atoms with van der Waals surface area (Å²) in [6.45, 7) is 0.499. The second-order valence-electron chi connectivity index (χ2n) is 4.81. The van der Waals surface area contributed by atoms with Gasteiger partial charge in [0.05, 0.1) is 5.02 Å². The fraction of sp³-hybridized carbons (Fsp3) is 0.615. The molecule has 3 N–H and O–H groups in total. The van der Waals surface area contributed by atoms with Gasteiger partial charge in [-0.15, -0.1) is 23.7 Å². The SMILES string of the molecule is Cl.NCC(NC(=O)c1sccc1Cl)C1CCCCC1. The van der Waals surface area contributed by atoms with Crippen molar-refractivity contribution >= 4 is 41.3 Å². The number of nitrogens with two attached hydrogens (primary N) is 1. The molecule has 0 bridgehead atoms. The Hall–Kier alpha value is -0.290. The van der Waals surface area contributed by atoms with Crippen LogP contribution in [0, 0.1) is 5.92 Å². The van der Waals surface area contributed by atoms with Gasteiger partial charge in [0, 0.05) is 12.6 Å². The first-order valence-corrected chi connectivity index (χ1v) is 7.72. The minimum absolute atomic E-state index is 0. The van der Waals surface area contributed by atoms with Crippen LogP contribution in [0.5, 0.6) is 0 Å². The van der Waals surface area contributed by atoms with Gasteiger partial charge in [-0.05, 0) is 30.2 Å². The molecular weight excluding hydrogens is 303 g/mol. The minimum Gasteiger partial charge on any atom is -0.347 e. The van der Waals surface area contributed by atoms with Crippen molar-refractivity contribution in [1.29, 1.82) is 0 Å². The maximum Gasteiger partial charge on any atom is 0.263 e. The molecule has 1 aliphatic rings. The van der Waals surface area contributed by atoms with Crippen LogP contribution >= 0.6 is 35.3 Å².